The molecule has 3 nitrogen and oxygen atoms in total. The number of carbonyl (C=O) groups excluding carboxylic acids is 1. The lowest BCUT2D eigenvalue weighted by Crippen LogP contribution is -2.57. The molecule has 3 saturated heterocycles. The molecule has 4 heteroatoms. The Morgan fingerprint density at radius 2 is 2.04 bits per heavy atom. The Kier molecular flexibility index (Phi) is 2.96. The smallest absolute Gasteiger partial charge is 0.198 e. The average molecular weight is 330 g/mol. The van der Waals surface area contributed by atoms with Gasteiger partial charge >= 0.3 is 0 Å². The van der Waals surface area contributed by atoms with E-state index in [1.807, 2.05) is 18.2 Å². The van der Waals surface area contributed by atoms with Gasteiger partial charge in [0.05, 0.1) is 0 Å². The van der Waals surface area contributed by atoms with E-state index in [0.29, 0.717) is 34.2 Å². The average Bonchev–Trinajstić information content (AvgIpc) is 3.22. The summed E-state index contributed by atoms with van der Waals surface area (Å²) in [4.78, 5) is 15.5. The second kappa shape index (κ2) is 4.84. The molecule has 3 aliphatic heterocycles. The zero-order valence-corrected chi connectivity index (χ0v) is 13.8. The minimum atomic E-state index is 0.155. The molecule has 120 valence electrons. The molecule has 1 atom stereocenters. The quantitative estimate of drug-likeness (QED) is 0.775. The van der Waals surface area contributed by atoms with Crippen molar-refractivity contribution in [3.05, 3.63) is 35.0 Å². The van der Waals surface area contributed by atoms with Gasteiger partial charge in [0.15, 0.2) is 11.5 Å². The van der Waals surface area contributed by atoms with Crippen LogP contribution in [0.1, 0.15) is 42.7 Å². The van der Waals surface area contributed by atoms with Crippen LogP contribution in [0.4, 0.5) is 0 Å². The Balaban J connectivity index is 1.42. The molecule has 4 aliphatic rings. The van der Waals surface area contributed by atoms with Crippen LogP contribution in [-0.4, -0.2) is 29.3 Å². The predicted octanol–water partition coefficient (Wildman–Crippen LogP) is 4.53. The molecule has 0 radical (unpaired) electrons. The van der Waals surface area contributed by atoms with E-state index in [0.717, 1.165) is 11.3 Å². The number of hydrogen-bond acceptors (Lipinski definition) is 3. The van der Waals surface area contributed by atoms with Crippen molar-refractivity contribution in [1.29, 1.82) is 0 Å². The summed E-state index contributed by atoms with van der Waals surface area (Å²) in [5, 5.41) is 1.59. The zero-order valence-electron chi connectivity index (χ0n) is 13.1. The molecule has 4 heterocycles. The van der Waals surface area contributed by atoms with Gasteiger partial charge in [-0.3, -0.25) is 9.69 Å². The summed E-state index contributed by atoms with van der Waals surface area (Å²) in [5.41, 5.74) is 1.06. The fraction of sp³-hybridized carbons (Fsp3) is 0.526. The Labute approximate surface area is 140 Å². The minimum Gasteiger partial charge on any atom is -0.453 e. The SMILES string of the molecule is O=C(C[C@@H]1C2CCN(CC2)C12CC2)c1cc2ccc(Cl)cc2o1. The fourth-order valence-electron chi connectivity index (χ4n) is 5.03. The molecule has 0 N–H and O–H groups in total. The number of Topliss-reactive ketones (excluding diaryl/α,β-unsaturated/α-hetero) is 1. The molecule has 6 rings (SSSR count). The van der Waals surface area contributed by atoms with E-state index >= 15 is 0 Å². The normalized spacial score (nSPS) is 30.9. The number of furan rings is 1. The third kappa shape index (κ3) is 2.10. The molecule has 0 unspecified atom stereocenters. The molecule has 1 aliphatic carbocycles. The Morgan fingerprint density at radius 1 is 1.26 bits per heavy atom. The second-order valence-corrected chi connectivity index (χ2v) is 7.89. The van der Waals surface area contributed by atoms with Crippen LogP contribution in [0.2, 0.25) is 5.02 Å². The number of nitrogens with zero attached hydrogens (tertiary/aromatic N) is 1. The lowest BCUT2D eigenvalue weighted by molar-refractivity contribution is -0.0276. The van der Waals surface area contributed by atoms with Gasteiger partial charge in [-0.25, -0.2) is 0 Å². The highest BCUT2D eigenvalue weighted by Gasteiger charge is 2.60. The number of carbonyl (C=O) groups is 1. The van der Waals surface area contributed by atoms with Gasteiger partial charge in [-0.1, -0.05) is 11.6 Å². The molecule has 2 aromatic rings. The highest BCUT2D eigenvalue weighted by molar-refractivity contribution is 6.31. The van der Waals surface area contributed by atoms with Crippen molar-refractivity contribution in [3.8, 4) is 0 Å². The van der Waals surface area contributed by atoms with Crippen molar-refractivity contribution < 1.29 is 9.21 Å². The Morgan fingerprint density at radius 3 is 2.78 bits per heavy atom. The molecule has 1 spiro atoms. The van der Waals surface area contributed by atoms with Crippen molar-refractivity contribution in [2.75, 3.05) is 13.1 Å². The van der Waals surface area contributed by atoms with E-state index in [1.165, 1.54) is 38.8 Å². The molecule has 1 saturated carbocycles. The maximum atomic E-state index is 12.8. The van der Waals surface area contributed by atoms with Crippen molar-refractivity contribution in [2.45, 2.75) is 37.6 Å². The number of rotatable bonds is 3. The van der Waals surface area contributed by atoms with Crippen LogP contribution in [0.3, 0.4) is 0 Å². The first-order chi connectivity index (χ1) is 11.2. The molecule has 23 heavy (non-hydrogen) atoms. The minimum absolute atomic E-state index is 0.155. The van der Waals surface area contributed by atoms with E-state index in [9.17, 15) is 4.79 Å². The molecule has 1 aromatic heterocycles. The van der Waals surface area contributed by atoms with Crippen LogP contribution in [0.15, 0.2) is 28.7 Å². The van der Waals surface area contributed by atoms with Gasteiger partial charge in [-0.15, -0.1) is 0 Å². The first kappa shape index (κ1) is 14.1. The molecular formula is C19H20ClNO2. The van der Waals surface area contributed by atoms with Gasteiger partial charge in [-0.05, 0) is 68.8 Å². The summed E-state index contributed by atoms with van der Waals surface area (Å²) in [6, 6.07) is 7.40. The maximum Gasteiger partial charge on any atom is 0.198 e. The van der Waals surface area contributed by atoms with Crippen LogP contribution in [0, 0.1) is 11.8 Å². The number of halogens is 1. The van der Waals surface area contributed by atoms with E-state index in [1.54, 1.807) is 6.07 Å². The largest absolute Gasteiger partial charge is 0.453 e. The maximum absolute atomic E-state index is 12.8. The molecule has 0 amide bonds. The first-order valence-electron chi connectivity index (χ1n) is 8.63. The van der Waals surface area contributed by atoms with Gasteiger partial charge in [-0.2, -0.15) is 0 Å². The number of ketones is 1. The lowest BCUT2D eigenvalue weighted by atomic mass is 9.70. The van der Waals surface area contributed by atoms with Crippen LogP contribution < -0.4 is 0 Å². The van der Waals surface area contributed by atoms with Crippen LogP contribution >= 0.6 is 11.6 Å². The van der Waals surface area contributed by atoms with E-state index < -0.39 is 0 Å². The van der Waals surface area contributed by atoms with Crippen molar-refractivity contribution in [2.24, 2.45) is 11.8 Å². The second-order valence-electron chi connectivity index (χ2n) is 7.45. The number of fused-ring (bicyclic) bond motifs is 3. The molecule has 1 aromatic carbocycles. The lowest BCUT2D eigenvalue weighted by Gasteiger charge is -2.52. The monoisotopic (exact) mass is 329 g/mol. The van der Waals surface area contributed by atoms with Gasteiger partial charge < -0.3 is 4.42 Å². The Hall–Kier alpha value is -1.32. The van der Waals surface area contributed by atoms with Crippen LogP contribution in [0.25, 0.3) is 11.0 Å². The third-order valence-corrected chi connectivity index (χ3v) is 6.59. The number of hydrogen-bond donors (Lipinski definition) is 0. The molecule has 2 bridgehead atoms. The summed E-state index contributed by atoms with van der Waals surface area (Å²) < 4.78 is 5.77. The summed E-state index contributed by atoms with van der Waals surface area (Å²) in [6.07, 6.45) is 5.70. The number of piperidine rings is 3. The van der Waals surface area contributed by atoms with Crippen molar-refractivity contribution >= 4 is 28.4 Å². The van der Waals surface area contributed by atoms with Gasteiger partial charge in [0, 0.05) is 28.4 Å². The van der Waals surface area contributed by atoms with Crippen molar-refractivity contribution in [1.82, 2.24) is 4.90 Å². The van der Waals surface area contributed by atoms with Gasteiger partial charge in [0.2, 0.25) is 0 Å². The third-order valence-electron chi connectivity index (χ3n) is 6.35. The highest BCUT2D eigenvalue weighted by Crippen LogP contribution is 2.58. The summed E-state index contributed by atoms with van der Waals surface area (Å²) >= 11 is 6.00. The van der Waals surface area contributed by atoms with E-state index in [4.69, 9.17) is 16.0 Å². The van der Waals surface area contributed by atoms with Crippen molar-refractivity contribution in [3.63, 3.8) is 0 Å². The summed E-state index contributed by atoms with van der Waals surface area (Å²) in [7, 11) is 0. The first-order valence-corrected chi connectivity index (χ1v) is 9.01. The summed E-state index contributed by atoms with van der Waals surface area (Å²) in [6.45, 7) is 2.47. The van der Waals surface area contributed by atoms with Gasteiger partial charge in [0.25, 0.3) is 0 Å². The Bertz CT molecular complexity index is 784. The van der Waals surface area contributed by atoms with Gasteiger partial charge in [0.1, 0.15) is 5.58 Å². The fourth-order valence-corrected chi connectivity index (χ4v) is 5.20. The van der Waals surface area contributed by atoms with Crippen LogP contribution in [-0.2, 0) is 0 Å². The number of benzene rings is 1. The topological polar surface area (TPSA) is 33.5 Å². The van der Waals surface area contributed by atoms with Crippen LogP contribution in [0.5, 0.6) is 0 Å². The standard InChI is InChI=1S/C19H20ClNO2/c20-14-2-1-13-9-18(23-17(13)10-14)16(22)11-15-12-3-7-21(8-4-12)19(15)5-6-19/h1-2,9-10,12,15H,3-8,11H2/t15-/m1/s1. The van der Waals surface area contributed by atoms with E-state index in [-0.39, 0.29) is 5.78 Å². The molecule has 4 fully saturated rings. The highest BCUT2D eigenvalue weighted by atomic mass is 35.5. The summed E-state index contributed by atoms with van der Waals surface area (Å²) in [5.74, 6) is 1.90. The zero-order chi connectivity index (χ0) is 15.6. The predicted molar refractivity (Wildman–Crippen MR) is 89.9 cm³/mol. The molecular weight excluding hydrogens is 310 g/mol. The van der Waals surface area contributed by atoms with E-state index in [2.05, 4.69) is 4.90 Å².